The number of carbonyl (C=O) groups is 2. The van der Waals surface area contributed by atoms with E-state index in [1.807, 2.05) is 38.1 Å². The summed E-state index contributed by atoms with van der Waals surface area (Å²) in [5, 5.41) is 4.42. The minimum Gasteiger partial charge on any atom is -0.466 e. The molecule has 6 nitrogen and oxygen atoms in total. The van der Waals surface area contributed by atoms with Gasteiger partial charge in [0.2, 0.25) is 0 Å². The Hall–Kier alpha value is -2.63. The fraction of sp³-hybridized carbons (Fsp3) is 0.450. The molecular weight excluding hydrogens is 330 g/mol. The lowest BCUT2D eigenvalue weighted by atomic mass is 9.97. The standard InChI is InChI=1S/C20H25N3O3/c1-4-26-20(25)16-9-7-11-22(13-16)19(24)17-12-21-23(15(17)3)18-10-6-5-8-14(18)2/h5-6,8,10,12,16H,4,7,9,11,13H2,1-3H3/t16-/m1/s1. The van der Waals surface area contributed by atoms with E-state index < -0.39 is 0 Å². The molecule has 1 saturated heterocycles. The summed E-state index contributed by atoms with van der Waals surface area (Å²) in [6.45, 7) is 7.15. The number of piperidine rings is 1. The topological polar surface area (TPSA) is 64.4 Å². The number of para-hydroxylation sites is 1. The third-order valence-electron chi connectivity index (χ3n) is 4.91. The zero-order valence-corrected chi connectivity index (χ0v) is 15.6. The molecule has 1 aromatic heterocycles. The summed E-state index contributed by atoms with van der Waals surface area (Å²) in [6.07, 6.45) is 3.20. The van der Waals surface area contributed by atoms with Gasteiger partial charge in [0.05, 0.1) is 35.7 Å². The Bertz CT molecular complexity index is 812. The number of nitrogens with zero attached hydrogens (tertiary/aromatic N) is 3. The number of aryl methyl sites for hydroxylation is 1. The van der Waals surface area contributed by atoms with Crippen molar-refractivity contribution < 1.29 is 14.3 Å². The molecule has 1 aromatic carbocycles. The number of hydrogen-bond acceptors (Lipinski definition) is 4. The Labute approximate surface area is 153 Å². The highest BCUT2D eigenvalue weighted by molar-refractivity contribution is 5.95. The molecule has 1 aliphatic rings. The van der Waals surface area contributed by atoms with Gasteiger partial charge in [-0.05, 0) is 45.2 Å². The summed E-state index contributed by atoms with van der Waals surface area (Å²) < 4.78 is 6.92. The van der Waals surface area contributed by atoms with Crippen LogP contribution in [0.1, 0.15) is 41.4 Å². The van der Waals surface area contributed by atoms with Crippen molar-refractivity contribution in [2.45, 2.75) is 33.6 Å². The minimum atomic E-state index is -0.237. The Morgan fingerprint density at radius 2 is 2.04 bits per heavy atom. The summed E-state index contributed by atoms with van der Waals surface area (Å²) in [6, 6.07) is 7.94. The highest BCUT2D eigenvalue weighted by atomic mass is 16.5. The van der Waals surface area contributed by atoms with Crippen LogP contribution in [0.5, 0.6) is 0 Å². The molecule has 1 atom stereocenters. The van der Waals surface area contributed by atoms with E-state index >= 15 is 0 Å². The molecule has 2 heterocycles. The number of ether oxygens (including phenoxy) is 1. The average molecular weight is 355 g/mol. The molecule has 1 aliphatic heterocycles. The van der Waals surface area contributed by atoms with Crippen molar-refractivity contribution >= 4 is 11.9 Å². The van der Waals surface area contributed by atoms with E-state index in [4.69, 9.17) is 4.74 Å². The van der Waals surface area contributed by atoms with Gasteiger partial charge in [0.15, 0.2) is 0 Å². The van der Waals surface area contributed by atoms with Gasteiger partial charge < -0.3 is 9.64 Å². The third kappa shape index (κ3) is 3.49. The first-order valence-corrected chi connectivity index (χ1v) is 9.09. The van der Waals surface area contributed by atoms with Crippen LogP contribution in [0, 0.1) is 19.8 Å². The Morgan fingerprint density at radius 3 is 2.77 bits per heavy atom. The molecular formula is C20H25N3O3. The largest absolute Gasteiger partial charge is 0.466 e. The summed E-state index contributed by atoms with van der Waals surface area (Å²) >= 11 is 0. The molecule has 2 aromatic rings. The molecule has 138 valence electrons. The van der Waals surface area contributed by atoms with Crippen LogP contribution in [-0.2, 0) is 9.53 Å². The van der Waals surface area contributed by atoms with Crippen molar-refractivity contribution in [3.05, 3.63) is 47.3 Å². The van der Waals surface area contributed by atoms with Gasteiger partial charge in [-0.2, -0.15) is 5.10 Å². The fourth-order valence-electron chi connectivity index (χ4n) is 3.45. The maximum Gasteiger partial charge on any atom is 0.310 e. The number of rotatable bonds is 4. The van der Waals surface area contributed by atoms with Crippen LogP contribution >= 0.6 is 0 Å². The van der Waals surface area contributed by atoms with E-state index in [1.54, 1.807) is 22.7 Å². The van der Waals surface area contributed by atoms with Gasteiger partial charge in [-0.3, -0.25) is 9.59 Å². The van der Waals surface area contributed by atoms with Gasteiger partial charge in [-0.15, -0.1) is 0 Å². The van der Waals surface area contributed by atoms with E-state index in [0.717, 1.165) is 29.8 Å². The average Bonchev–Trinajstić information content (AvgIpc) is 3.03. The lowest BCUT2D eigenvalue weighted by Crippen LogP contribution is -2.43. The summed E-state index contributed by atoms with van der Waals surface area (Å²) in [4.78, 5) is 26.8. The predicted octanol–water partition coefficient (Wildman–Crippen LogP) is 2.90. The van der Waals surface area contributed by atoms with Crippen LogP contribution in [-0.4, -0.2) is 46.3 Å². The maximum absolute atomic E-state index is 13.0. The second-order valence-corrected chi connectivity index (χ2v) is 6.68. The van der Waals surface area contributed by atoms with Gasteiger partial charge >= 0.3 is 5.97 Å². The smallest absolute Gasteiger partial charge is 0.310 e. The second kappa shape index (κ2) is 7.72. The fourth-order valence-corrected chi connectivity index (χ4v) is 3.45. The van der Waals surface area contributed by atoms with Crippen LogP contribution < -0.4 is 0 Å². The maximum atomic E-state index is 13.0. The zero-order chi connectivity index (χ0) is 18.7. The van der Waals surface area contributed by atoms with Crippen molar-refractivity contribution in [2.75, 3.05) is 19.7 Å². The van der Waals surface area contributed by atoms with Gasteiger partial charge in [0.1, 0.15) is 0 Å². The lowest BCUT2D eigenvalue weighted by Gasteiger charge is -2.31. The van der Waals surface area contributed by atoms with Gasteiger partial charge in [-0.25, -0.2) is 4.68 Å². The van der Waals surface area contributed by atoms with Crippen LogP contribution in [0.25, 0.3) is 5.69 Å². The van der Waals surface area contributed by atoms with Crippen molar-refractivity contribution in [1.82, 2.24) is 14.7 Å². The molecule has 0 aliphatic carbocycles. The van der Waals surface area contributed by atoms with Crippen LogP contribution in [0.4, 0.5) is 0 Å². The SMILES string of the molecule is CCOC(=O)[C@@H]1CCCN(C(=O)c2cnn(-c3ccccc3C)c2C)C1. The molecule has 0 unspecified atom stereocenters. The van der Waals surface area contributed by atoms with Gasteiger partial charge in [0, 0.05) is 13.1 Å². The number of amides is 1. The van der Waals surface area contributed by atoms with Crippen LogP contribution in [0.2, 0.25) is 0 Å². The molecule has 0 bridgehead atoms. The molecule has 6 heteroatoms. The highest BCUT2D eigenvalue weighted by Crippen LogP contribution is 2.23. The van der Waals surface area contributed by atoms with E-state index in [9.17, 15) is 9.59 Å². The van der Waals surface area contributed by atoms with Crippen molar-refractivity contribution in [1.29, 1.82) is 0 Å². The summed E-state index contributed by atoms with van der Waals surface area (Å²) in [5.74, 6) is -0.520. The lowest BCUT2D eigenvalue weighted by molar-refractivity contribution is -0.149. The molecule has 1 fully saturated rings. The number of likely N-dealkylation sites (tertiary alicyclic amines) is 1. The first-order chi connectivity index (χ1) is 12.5. The quantitative estimate of drug-likeness (QED) is 0.791. The van der Waals surface area contributed by atoms with E-state index in [0.29, 0.717) is 25.3 Å². The van der Waals surface area contributed by atoms with Crippen molar-refractivity contribution in [3.63, 3.8) is 0 Å². The predicted molar refractivity (Wildman–Crippen MR) is 98.3 cm³/mol. The van der Waals surface area contributed by atoms with E-state index in [1.165, 1.54) is 0 Å². The molecule has 0 N–H and O–H groups in total. The molecule has 0 saturated carbocycles. The number of carbonyl (C=O) groups excluding carboxylic acids is 2. The van der Waals surface area contributed by atoms with Crippen LogP contribution in [0.3, 0.4) is 0 Å². The first kappa shape index (κ1) is 18.2. The molecule has 1 amide bonds. The number of benzene rings is 1. The van der Waals surface area contributed by atoms with Crippen molar-refractivity contribution in [2.24, 2.45) is 5.92 Å². The van der Waals surface area contributed by atoms with E-state index in [2.05, 4.69) is 5.10 Å². The number of hydrogen-bond donors (Lipinski definition) is 0. The Kier molecular flexibility index (Phi) is 5.40. The number of esters is 1. The molecule has 0 radical (unpaired) electrons. The minimum absolute atomic E-state index is 0.0728. The monoisotopic (exact) mass is 355 g/mol. The molecule has 26 heavy (non-hydrogen) atoms. The second-order valence-electron chi connectivity index (χ2n) is 6.68. The summed E-state index contributed by atoms with van der Waals surface area (Å²) in [7, 11) is 0. The van der Waals surface area contributed by atoms with Crippen LogP contribution in [0.15, 0.2) is 30.5 Å². The Morgan fingerprint density at radius 1 is 1.27 bits per heavy atom. The normalized spacial score (nSPS) is 17.2. The first-order valence-electron chi connectivity index (χ1n) is 9.09. The highest BCUT2D eigenvalue weighted by Gasteiger charge is 2.31. The molecule has 3 rings (SSSR count). The zero-order valence-electron chi connectivity index (χ0n) is 15.6. The third-order valence-corrected chi connectivity index (χ3v) is 4.91. The van der Waals surface area contributed by atoms with E-state index in [-0.39, 0.29) is 17.8 Å². The summed E-state index contributed by atoms with van der Waals surface area (Å²) in [5.41, 5.74) is 3.45. The number of aromatic nitrogens is 2. The van der Waals surface area contributed by atoms with Gasteiger partial charge in [-0.1, -0.05) is 18.2 Å². The van der Waals surface area contributed by atoms with Gasteiger partial charge in [0.25, 0.3) is 5.91 Å². The van der Waals surface area contributed by atoms with Crippen molar-refractivity contribution in [3.8, 4) is 5.69 Å². The Balaban J connectivity index is 1.80. The molecule has 0 spiro atoms.